The van der Waals surface area contributed by atoms with E-state index in [4.69, 9.17) is 0 Å². The smallest absolute Gasteiger partial charge is 0.173 e. The van der Waals surface area contributed by atoms with Crippen molar-refractivity contribution in [1.29, 1.82) is 0 Å². The van der Waals surface area contributed by atoms with Crippen LogP contribution in [0.5, 0.6) is 0 Å². The average molecular weight is 456 g/mol. The molecule has 2 atom stereocenters. The van der Waals surface area contributed by atoms with Gasteiger partial charge in [-0.1, -0.05) is 45.4 Å². The van der Waals surface area contributed by atoms with Crippen molar-refractivity contribution in [3.8, 4) is 0 Å². The van der Waals surface area contributed by atoms with E-state index in [1.165, 1.54) is 83.7 Å². The van der Waals surface area contributed by atoms with Gasteiger partial charge >= 0.3 is 0 Å². The Balaban J connectivity index is 0.00000225. The number of aromatic nitrogens is 1. The second kappa shape index (κ2) is 10.9. The van der Waals surface area contributed by atoms with Gasteiger partial charge in [-0.2, -0.15) is 0 Å². The Morgan fingerprint density at radius 1 is 1.04 bits per heavy atom. The van der Waals surface area contributed by atoms with Gasteiger partial charge in [-0.3, -0.25) is 4.90 Å². The van der Waals surface area contributed by atoms with Gasteiger partial charge in [-0.25, -0.2) is 4.57 Å². The summed E-state index contributed by atoms with van der Waals surface area (Å²) in [6, 6.07) is 3.10. The fourth-order valence-electron chi connectivity index (χ4n) is 4.81. The molecule has 0 N–H and O–H groups in total. The van der Waals surface area contributed by atoms with Gasteiger partial charge in [0, 0.05) is 24.1 Å². The number of pyridine rings is 1. The van der Waals surface area contributed by atoms with Crippen LogP contribution in [0.25, 0.3) is 0 Å². The molecular formula is C22H37IN2. The number of hydrogen-bond donors (Lipinski definition) is 0. The standard InChI is InChI=1S/C22H37N2.HI/c1-3-4-5-6-7-8-9-10-15-24-17-14-19-11-12-20-13-16-23(2)22(20)21(19)18-24;/h14,17-18,20,22H,3-13,15-16H2,1-2H3;1H/q+1;/p-1/t20-,22+;/m1./s1. The quantitative estimate of drug-likeness (QED) is 0.314. The Morgan fingerprint density at radius 3 is 2.52 bits per heavy atom. The first-order chi connectivity index (χ1) is 11.8. The lowest BCUT2D eigenvalue weighted by Crippen LogP contribution is -3.00. The number of unbranched alkanes of at least 4 members (excludes halogenated alkanes) is 7. The van der Waals surface area contributed by atoms with E-state index in [9.17, 15) is 0 Å². The molecule has 1 fully saturated rings. The van der Waals surface area contributed by atoms with Gasteiger partial charge in [-0.05, 0) is 50.8 Å². The zero-order valence-electron chi connectivity index (χ0n) is 16.4. The summed E-state index contributed by atoms with van der Waals surface area (Å²) < 4.78 is 2.46. The number of halogens is 1. The first-order valence-electron chi connectivity index (χ1n) is 10.5. The lowest BCUT2D eigenvalue weighted by Gasteiger charge is -2.30. The Bertz CT molecular complexity index is 517. The van der Waals surface area contributed by atoms with Gasteiger partial charge < -0.3 is 24.0 Å². The van der Waals surface area contributed by atoms with Crippen molar-refractivity contribution in [2.45, 2.75) is 90.1 Å². The average Bonchev–Trinajstić information content (AvgIpc) is 2.99. The van der Waals surface area contributed by atoms with Gasteiger partial charge in [0.15, 0.2) is 12.4 Å². The third-order valence-corrected chi connectivity index (χ3v) is 6.29. The third-order valence-electron chi connectivity index (χ3n) is 6.29. The molecule has 2 nitrogen and oxygen atoms in total. The second-order valence-corrected chi connectivity index (χ2v) is 8.15. The first-order valence-corrected chi connectivity index (χ1v) is 10.5. The van der Waals surface area contributed by atoms with Gasteiger partial charge in [0.1, 0.15) is 6.54 Å². The van der Waals surface area contributed by atoms with Crippen LogP contribution in [0.15, 0.2) is 18.5 Å². The highest BCUT2D eigenvalue weighted by Gasteiger charge is 2.38. The molecule has 2 heterocycles. The Morgan fingerprint density at radius 2 is 1.76 bits per heavy atom. The van der Waals surface area contributed by atoms with E-state index in [1.54, 1.807) is 11.1 Å². The minimum absolute atomic E-state index is 0. The van der Waals surface area contributed by atoms with Crippen LogP contribution in [0, 0.1) is 5.92 Å². The van der Waals surface area contributed by atoms with Crippen molar-refractivity contribution in [1.82, 2.24) is 4.90 Å². The van der Waals surface area contributed by atoms with Crippen molar-refractivity contribution < 1.29 is 28.5 Å². The number of nitrogens with zero attached hydrogens (tertiary/aromatic N) is 2. The van der Waals surface area contributed by atoms with E-state index >= 15 is 0 Å². The minimum Gasteiger partial charge on any atom is -1.00 e. The summed E-state index contributed by atoms with van der Waals surface area (Å²) in [4.78, 5) is 2.59. The molecule has 0 aromatic carbocycles. The predicted octanol–water partition coefficient (Wildman–Crippen LogP) is 2.06. The molecule has 1 aromatic heterocycles. The van der Waals surface area contributed by atoms with Gasteiger partial charge in [0.05, 0.1) is 0 Å². The highest BCUT2D eigenvalue weighted by atomic mass is 127. The molecule has 0 amide bonds. The zero-order chi connectivity index (χ0) is 16.8. The summed E-state index contributed by atoms with van der Waals surface area (Å²) in [5, 5.41) is 0. The Kier molecular flexibility index (Phi) is 9.18. The van der Waals surface area contributed by atoms with Gasteiger partial charge in [0.25, 0.3) is 0 Å². The fourth-order valence-corrected chi connectivity index (χ4v) is 4.81. The molecule has 1 aromatic rings. The molecule has 0 radical (unpaired) electrons. The third kappa shape index (κ3) is 5.66. The molecule has 1 aliphatic heterocycles. The second-order valence-electron chi connectivity index (χ2n) is 8.15. The number of aryl methyl sites for hydroxylation is 2. The summed E-state index contributed by atoms with van der Waals surface area (Å²) in [7, 11) is 2.32. The zero-order valence-corrected chi connectivity index (χ0v) is 18.5. The molecule has 25 heavy (non-hydrogen) atoms. The number of fused-ring (bicyclic) bond motifs is 3. The monoisotopic (exact) mass is 456 g/mol. The van der Waals surface area contributed by atoms with Crippen LogP contribution < -0.4 is 28.5 Å². The highest BCUT2D eigenvalue weighted by Crippen LogP contribution is 2.43. The van der Waals surface area contributed by atoms with Crippen LogP contribution in [-0.4, -0.2) is 18.5 Å². The van der Waals surface area contributed by atoms with Crippen LogP contribution in [0.4, 0.5) is 0 Å². The van der Waals surface area contributed by atoms with E-state index in [1.807, 2.05) is 0 Å². The van der Waals surface area contributed by atoms with Crippen LogP contribution in [0.1, 0.15) is 88.3 Å². The van der Waals surface area contributed by atoms with Crippen LogP contribution in [0.3, 0.4) is 0 Å². The van der Waals surface area contributed by atoms with Crippen molar-refractivity contribution in [2.24, 2.45) is 5.92 Å². The summed E-state index contributed by atoms with van der Waals surface area (Å²) in [6.07, 6.45) is 20.1. The largest absolute Gasteiger partial charge is 1.00 e. The first kappa shape index (κ1) is 21.1. The molecule has 0 bridgehead atoms. The predicted molar refractivity (Wildman–Crippen MR) is 101 cm³/mol. The van der Waals surface area contributed by atoms with Crippen LogP contribution in [0.2, 0.25) is 0 Å². The summed E-state index contributed by atoms with van der Waals surface area (Å²) in [5.74, 6) is 0.904. The molecule has 142 valence electrons. The topological polar surface area (TPSA) is 7.12 Å². The lowest BCUT2D eigenvalue weighted by atomic mass is 9.81. The SMILES string of the molecule is CCCCCCCCCC[n+]1ccc2c(c1)[C@@H]1[C@H](CC2)CCN1C.[I-]. The molecule has 3 rings (SSSR count). The van der Waals surface area contributed by atoms with Crippen molar-refractivity contribution in [2.75, 3.05) is 13.6 Å². The number of likely N-dealkylation sites (tertiary alicyclic amines) is 1. The van der Waals surface area contributed by atoms with E-state index in [0.717, 1.165) is 5.92 Å². The maximum atomic E-state index is 2.59. The van der Waals surface area contributed by atoms with Crippen LogP contribution in [-0.2, 0) is 13.0 Å². The highest BCUT2D eigenvalue weighted by molar-refractivity contribution is 5.29. The lowest BCUT2D eigenvalue weighted by molar-refractivity contribution is -0.698. The number of rotatable bonds is 9. The molecule has 2 aliphatic rings. The Hall–Kier alpha value is -0.160. The van der Waals surface area contributed by atoms with E-state index in [0.29, 0.717) is 6.04 Å². The maximum Gasteiger partial charge on any atom is 0.173 e. The molecule has 1 aliphatic carbocycles. The van der Waals surface area contributed by atoms with E-state index < -0.39 is 0 Å². The van der Waals surface area contributed by atoms with Gasteiger partial charge in [-0.15, -0.1) is 0 Å². The Labute approximate surface area is 172 Å². The minimum atomic E-state index is 0. The molecule has 3 heteroatoms. The van der Waals surface area contributed by atoms with E-state index in [2.05, 4.69) is 41.9 Å². The normalized spacial score (nSPS) is 22.3. The van der Waals surface area contributed by atoms with Gasteiger partial charge in [0.2, 0.25) is 0 Å². The van der Waals surface area contributed by atoms with E-state index in [-0.39, 0.29) is 24.0 Å². The molecule has 0 spiro atoms. The van der Waals surface area contributed by atoms with Crippen molar-refractivity contribution in [3.05, 3.63) is 29.6 Å². The van der Waals surface area contributed by atoms with Crippen molar-refractivity contribution >= 4 is 0 Å². The molecule has 0 saturated carbocycles. The maximum absolute atomic E-state index is 2.59. The number of hydrogen-bond acceptors (Lipinski definition) is 1. The summed E-state index contributed by atoms with van der Waals surface area (Å²) in [6.45, 7) is 4.77. The van der Waals surface area contributed by atoms with Crippen molar-refractivity contribution in [3.63, 3.8) is 0 Å². The molecular weight excluding hydrogens is 419 g/mol. The van der Waals surface area contributed by atoms with Crippen LogP contribution >= 0.6 is 0 Å². The fraction of sp³-hybridized carbons (Fsp3) is 0.773. The molecule has 1 saturated heterocycles. The summed E-state index contributed by atoms with van der Waals surface area (Å²) >= 11 is 0. The molecule has 0 unspecified atom stereocenters. The summed E-state index contributed by atoms with van der Waals surface area (Å²) in [5.41, 5.74) is 3.24.